The predicted molar refractivity (Wildman–Crippen MR) is 85.1 cm³/mol. The molecule has 1 aromatic carbocycles. The van der Waals surface area contributed by atoms with Crippen molar-refractivity contribution in [3.63, 3.8) is 0 Å². The SMILES string of the molecule is COc1cc(C(=CNc2ncccn2)P(=O)(O)O)cc(C)c1O. The number of ether oxygens (including phenoxy) is 1. The van der Waals surface area contributed by atoms with Gasteiger partial charge in [0.05, 0.1) is 12.4 Å². The summed E-state index contributed by atoms with van der Waals surface area (Å²) in [5.41, 5.74) is 0.642. The van der Waals surface area contributed by atoms with Gasteiger partial charge in [-0.2, -0.15) is 0 Å². The maximum absolute atomic E-state index is 11.8. The van der Waals surface area contributed by atoms with Crippen molar-refractivity contribution in [1.29, 1.82) is 0 Å². The zero-order valence-electron chi connectivity index (χ0n) is 12.5. The summed E-state index contributed by atoms with van der Waals surface area (Å²) in [6.45, 7) is 1.60. The first-order valence-corrected chi connectivity index (χ1v) is 8.12. The maximum Gasteiger partial charge on any atom is 0.358 e. The van der Waals surface area contributed by atoms with Crippen LogP contribution in [0.3, 0.4) is 0 Å². The molecule has 1 aromatic heterocycles. The fourth-order valence-electron chi connectivity index (χ4n) is 1.89. The van der Waals surface area contributed by atoms with Crippen molar-refractivity contribution in [2.24, 2.45) is 0 Å². The maximum atomic E-state index is 11.8. The molecule has 0 radical (unpaired) electrons. The molecule has 0 aliphatic heterocycles. The van der Waals surface area contributed by atoms with Crippen molar-refractivity contribution in [3.05, 3.63) is 47.9 Å². The zero-order valence-corrected chi connectivity index (χ0v) is 13.4. The van der Waals surface area contributed by atoms with Gasteiger partial charge < -0.3 is 24.9 Å². The molecular formula is C14H16N3O5P. The normalized spacial score (nSPS) is 12.1. The molecule has 0 fully saturated rings. The highest BCUT2D eigenvalue weighted by Gasteiger charge is 2.24. The largest absolute Gasteiger partial charge is 0.504 e. The molecule has 0 amide bonds. The topological polar surface area (TPSA) is 125 Å². The highest BCUT2D eigenvalue weighted by Crippen LogP contribution is 2.52. The molecular weight excluding hydrogens is 321 g/mol. The van der Waals surface area contributed by atoms with E-state index in [-0.39, 0.29) is 28.3 Å². The number of rotatable bonds is 5. The van der Waals surface area contributed by atoms with Crippen LogP contribution in [0.4, 0.5) is 5.95 Å². The molecule has 0 atom stereocenters. The van der Waals surface area contributed by atoms with Crippen LogP contribution in [-0.2, 0) is 4.57 Å². The van der Waals surface area contributed by atoms with Crippen LogP contribution in [0, 0.1) is 6.92 Å². The van der Waals surface area contributed by atoms with Crippen LogP contribution >= 0.6 is 7.60 Å². The number of anilines is 1. The molecule has 0 aliphatic rings. The number of nitrogens with zero attached hydrogens (tertiary/aromatic N) is 2. The van der Waals surface area contributed by atoms with Crippen molar-refractivity contribution in [2.45, 2.75) is 6.92 Å². The fraction of sp³-hybridized carbons (Fsp3) is 0.143. The van der Waals surface area contributed by atoms with Gasteiger partial charge in [-0.05, 0) is 36.2 Å². The minimum absolute atomic E-state index is 0.0827. The van der Waals surface area contributed by atoms with Gasteiger partial charge in [0.15, 0.2) is 11.5 Å². The molecule has 0 aliphatic carbocycles. The summed E-state index contributed by atoms with van der Waals surface area (Å²) in [7, 11) is -3.24. The lowest BCUT2D eigenvalue weighted by Crippen LogP contribution is -1.98. The average Bonchev–Trinajstić information content (AvgIpc) is 2.50. The number of aryl methyl sites for hydroxylation is 1. The van der Waals surface area contributed by atoms with E-state index < -0.39 is 7.60 Å². The van der Waals surface area contributed by atoms with E-state index in [2.05, 4.69) is 15.3 Å². The van der Waals surface area contributed by atoms with E-state index in [4.69, 9.17) is 4.74 Å². The lowest BCUT2D eigenvalue weighted by molar-refractivity contribution is 0.371. The summed E-state index contributed by atoms with van der Waals surface area (Å²) in [6, 6.07) is 4.42. The van der Waals surface area contributed by atoms with Gasteiger partial charge in [-0.1, -0.05) is 0 Å². The van der Waals surface area contributed by atoms with Gasteiger partial charge >= 0.3 is 7.60 Å². The molecule has 122 valence electrons. The van der Waals surface area contributed by atoms with Crippen LogP contribution in [-0.4, -0.2) is 32.0 Å². The number of aromatic hydroxyl groups is 1. The third-order valence-corrected chi connectivity index (χ3v) is 4.01. The molecule has 23 heavy (non-hydrogen) atoms. The van der Waals surface area contributed by atoms with Gasteiger partial charge in [0.2, 0.25) is 5.95 Å². The Hall–Kier alpha value is -2.41. The quantitative estimate of drug-likeness (QED) is 0.611. The van der Waals surface area contributed by atoms with E-state index in [1.165, 1.54) is 31.6 Å². The number of methoxy groups -OCH3 is 1. The Morgan fingerprint density at radius 3 is 2.52 bits per heavy atom. The third-order valence-electron chi connectivity index (χ3n) is 3.00. The highest BCUT2D eigenvalue weighted by molar-refractivity contribution is 7.63. The van der Waals surface area contributed by atoms with E-state index in [9.17, 15) is 19.5 Å². The Labute approximate surface area is 132 Å². The summed E-state index contributed by atoms with van der Waals surface area (Å²) in [4.78, 5) is 27.0. The number of benzene rings is 1. The van der Waals surface area contributed by atoms with E-state index in [0.717, 1.165) is 6.20 Å². The summed E-state index contributed by atoms with van der Waals surface area (Å²) >= 11 is 0. The number of hydrogen-bond acceptors (Lipinski definition) is 6. The summed E-state index contributed by atoms with van der Waals surface area (Å²) < 4.78 is 16.8. The lowest BCUT2D eigenvalue weighted by atomic mass is 10.1. The molecule has 2 aromatic rings. The van der Waals surface area contributed by atoms with Crippen molar-refractivity contribution in [1.82, 2.24) is 9.97 Å². The van der Waals surface area contributed by atoms with Gasteiger partial charge in [-0.3, -0.25) is 4.57 Å². The highest BCUT2D eigenvalue weighted by atomic mass is 31.2. The third kappa shape index (κ3) is 4.07. The molecule has 0 bridgehead atoms. The van der Waals surface area contributed by atoms with Crippen molar-refractivity contribution in [3.8, 4) is 11.5 Å². The standard InChI is InChI=1S/C14H16N3O5P/c1-9-6-10(7-11(22-2)13(9)18)12(23(19,20)21)8-17-14-15-4-3-5-16-14/h3-8,18H,1-2H3,(H,15,16,17)(H2,19,20,21). The summed E-state index contributed by atoms with van der Waals surface area (Å²) in [6.07, 6.45) is 4.13. The van der Waals surface area contributed by atoms with Crippen LogP contribution in [0.5, 0.6) is 11.5 Å². The number of phenolic OH excluding ortho intramolecular Hbond substituents is 1. The molecule has 1 heterocycles. The van der Waals surface area contributed by atoms with Crippen molar-refractivity contribution < 1.29 is 24.2 Å². The van der Waals surface area contributed by atoms with Crippen molar-refractivity contribution >= 4 is 18.9 Å². The van der Waals surface area contributed by atoms with Crippen LogP contribution < -0.4 is 10.1 Å². The summed E-state index contributed by atoms with van der Waals surface area (Å²) in [5, 5.41) is 12.2. The summed E-state index contributed by atoms with van der Waals surface area (Å²) in [5.74, 6) is 0.233. The molecule has 0 saturated carbocycles. The van der Waals surface area contributed by atoms with Gasteiger partial charge in [0.25, 0.3) is 0 Å². The second-order valence-corrected chi connectivity index (χ2v) is 6.20. The predicted octanol–water partition coefficient (Wildman–Crippen LogP) is 2.09. The Balaban J connectivity index is 2.48. The Morgan fingerprint density at radius 1 is 1.30 bits per heavy atom. The second-order valence-electron chi connectivity index (χ2n) is 4.63. The number of phenols is 1. The van der Waals surface area contributed by atoms with Crippen LogP contribution in [0.1, 0.15) is 11.1 Å². The van der Waals surface area contributed by atoms with E-state index >= 15 is 0 Å². The van der Waals surface area contributed by atoms with E-state index in [1.54, 1.807) is 13.0 Å². The Bertz CT molecular complexity index is 773. The molecule has 4 N–H and O–H groups in total. The van der Waals surface area contributed by atoms with Gasteiger partial charge in [-0.25, -0.2) is 9.97 Å². The number of hydrogen-bond donors (Lipinski definition) is 4. The average molecular weight is 337 g/mol. The first-order chi connectivity index (χ1) is 10.8. The van der Waals surface area contributed by atoms with Gasteiger partial charge in [-0.15, -0.1) is 0 Å². The van der Waals surface area contributed by atoms with E-state index in [0.29, 0.717) is 5.56 Å². The van der Waals surface area contributed by atoms with E-state index in [1.807, 2.05) is 0 Å². The monoisotopic (exact) mass is 337 g/mol. The minimum atomic E-state index is -4.59. The number of aromatic nitrogens is 2. The molecule has 0 unspecified atom stereocenters. The molecule has 9 heteroatoms. The lowest BCUT2D eigenvalue weighted by Gasteiger charge is -2.14. The van der Waals surface area contributed by atoms with Crippen LogP contribution in [0.25, 0.3) is 5.31 Å². The smallest absolute Gasteiger partial charge is 0.358 e. The van der Waals surface area contributed by atoms with Crippen LogP contribution in [0.15, 0.2) is 36.8 Å². The molecule has 0 saturated heterocycles. The van der Waals surface area contributed by atoms with Crippen molar-refractivity contribution in [2.75, 3.05) is 12.4 Å². The second kappa shape index (κ2) is 6.78. The Kier molecular flexibility index (Phi) is 5.00. The molecule has 2 rings (SSSR count). The number of nitrogens with one attached hydrogen (secondary N) is 1. The van der Waals surface area contributed by atoms with Crippen LogP contribution in [0.2, 0.25) is 0 Å². The first kappa shape index (κ1) is 17.0. The van der Waals surface area contributed by atoms with Gasteiger partial charge in [0, 0.05) is 18.6 Å². The fourth-order valence-corrected chi connectivity index (χ4v) is 2.59. The Morgan fingerprint density at radius 2 is 1.96 bits per heavy atom. The first-order valence-electron chi connectivity index (χ1n) is 6.50. The zero-order chi connectivity index (χ0) is 17.0. The minimum Gasteiger partial charge on any atom is -0.504 e. The van der Waals surface area contributed by atoms with Gasteiger partial charge in [0.1, 0.15) is 0 Å². The molecule has 0 spiro atoms. The molecule has 8 nitrogen and oxygen atoms in total.